The highest BCUT2D eigenvalue weighted by Gasteiger charge is 2.40. The second-order valence-corrected chi connectivity index (χ2v) is 26.8. The number of hydrogen-bond acceptors (Lipinski definition) is 10. The molecule has 10 nitrogen and oxygen atoms in total. The molecule has 0 aliphatic carbocycles. The van der Waals surface area contributed by atoms with E-state index >= 15 is 0 Å². The van der Waals surface area contributed by atoms with Crippen molar-refractivity contribution in [2.24, 2.45) is 35.5 Å². The first kappa shape index (κ1) is 65.2. The lowest BCUT2D eigenvalue weighted by Gasteiger charge is -2.38. The standard InChI is InChI=1S/C68H111NO9/c1-45(2)23-17-25-47(5)27-19-29-49(7)31-21-36-67(15)38-33-57-55(13)60(51(9)53(11)62(57)77-67)75-65(71)64(74-59(70)35-40-69-41-43-73-44-42-69)66(72)76-61-52(10)54(12)63-58(56(61)14)34-39-68(16,78-63)37-22-32-50(8)30-20-28-48(6)26-18-24-46(3)4/h45-50,64H,17-44H2,1-16H3/t47-,48-,49-,50-,67-,68-/m1/s1. The van der Waals surface area contributed by atoms with E-state index < -0.39 is 24.0 Å². The number of benzene rings is 2. The fourth-order valence-corrected chi connectivity index (χ4v) is 12.6. The van der Waals surface area contributed by atoms with E-state index in [0.29, 0.717) is 56.2 Å². The molecule has 5 rings (SSSR count). The van der Waals surface area contributed by atoms with Crippen LogP contribution in [0.2, 0.25) is 0 Å². The van der Waals surface area contributed by atoms with Gasteiger partial charge in [0.15, 0.2) is 0 Å². The van der Waals surface area contributed by atoms with Crippen molar-refractivity contribution < 1.29 is 42.8 Å². The summed E-state index contributed by atoms with van der Waals surface area (Å²) >= 11 is 0. The van der Waals surface area contributed by atoms with Crippen molar-refractivity contribution in [2.45, 2.75) is 276 Å². The minimum atomic E-state index is -1.95. The van der Waals surface area contributed by atoms with Gasteiger partial charge in [0.05, 0.1) is 19.6 Å². The van der Waals surface area contributed by atoms with E-state index in [-0.39, 0.29) is 17.6 Å². The maximum absolute atomic E-state index is 14.5. The Kier molecular flexibility index (Phi) is 25.9. The van der Waals surface area contributed by atoms with Crippen LogP contribution < -0.4 is 18.9 Å². The molecule has 1 fully saturated rings. The molecule has 3 aliphatic rings. The fraction of sp³-hybridized carbons (Fsp3) is 0.779. The summed E-state index contributed by atoms with van der Waals surface area (Å²) in [5.41, 5.74) is 6.25. The van der Waals surface area contributed by atoms with Gasteiger partial charge >= 0.3 is 17.9 Å². The zero-order valence-electron chi connectivity index (χ0n) is 52.5. The van der Waals surface area contributed by atoms with Crippen LogP contribution in [0.4, 0.5) is 0 Å². The lowest BCUT2D eigenvalue weighted by molar-refractivity contribution is -0.172. The predicted octanol–water partition coefficient (Wildman–Crippen LogP) is 16.7. The van der Waals surface area contributed by atoms with Crippen LogP contribution in [0.5, 0.6) is 23.0 Å². The van der Waals surface area contributed by atoms with Crippen LogP contribution in [-0.2, 0) is 36.7 Å². The summed E-state index contributed by atoms with van der Waals surface area (Å²) in [5.74, 6) is 4.34. The van der Waals surface area contributed by atoms with Gasteiger partial charge in [0.2, 0.25) is 0 Å². The lowest BCUT2D eigenvalue weighted by atomic mass is 9.83. The molecule has 0 aromatic heterocycles. The first-order valence-corrected chi connectivity index (χ1v) is 31.5. The van der Waals surface area contributed by atoms with Crippen molar-refractivity contribution in [3.8, 4) is 23.0 Å². The molecule has 0 bridgehead atoms. The van der Waals surface area contributed by atoms with Gasteiger partial charge in [-0.1, -0.05) is 145 Å². The van der Waals surface area contributed by atoms with Crippen LogP contribution in [0.1, 0.15) is 249 Å². The Balaban J connectivity index is 1.24. The van der Waals surface area contributed by atoms with Gasteiger partial charge in [-0.25, -0.2) is 9.59 Å². The average molecular weight is 1090 g/mol. The molecule has 3 aliphatic heterocycles. The van der Waals surface area contributed by atoms with Crippen molar-refractivity contribution in [1.29, 1.82) is 0 Å². The van der Waals surface area contributed by atoms with Crippen LogP contribution >= 0.6 is 0 Å². The monoisotopic (exact) mass is 1090 g/mol. The van der Waals surface area contributed by atoms with E-state index in [2.05, 4.69) is 74.1 Å². The molecule has 78 heavy (non-hydrogen) atoms. The summed E-state index contributed by atoms with van der Waals surface area (Å²) in [4.78, 5) is 44.8. The summed E-state index contributed by atoms with van der Waals surface area (Å²) in [6.07, 6.45) is 23.7. The molecule has 6 atom stereocenters. The largest absolute Gasteiger partial charge is 0.487 e. The molecular formula is C68H111NO9. The number of rotatable bonds is 32. The smallest absolute Gasteiger partial charge is 0.364 e. The van der Waals surface area contributed by atoms with Crippen LogP contribution in [-0.4, -0.2) is 73.0 Å². The number of ether oxygens (including phenoxy) is 6. The van der Waals surface area contributed by atoms with E-state index in [1.54, 1.807) is 0 Å². The first-order chi connectivity index (χ1) is 36.9. The molecule has 0 spiro atoms. The Hall–Kier alpha value is -3.63. The SMILES string of the molecule is Cc1c(C)c2c(c(C)c1OC(=O)C(OC(=O)CCN1CCOCC1)C(=O)Oc1c(C)c(C)c3c(c1C)CC[C@@](C)(CCC[C@H](C)CCC[C@H](C)CCCC(C)C)O3)CC[C@@](C)(CCC[C@H](C)CCC[C@H](C)CCCC(C)C)O2. The molecule has 0 radical (unpaired) electrons. The first-order valence-electron chi connectivity index (χ1n) is 31.5. The van der Waals surface area contributed by atoms with Crippen molar-refractivity contribution >= 4 is 17.9 Å². The summed E-state index contributed by atoms with van der Waals surface area (Å²) in [6, 6.07) is 0. The molecule has 0 saturated carbocycles. The van der Waals surface area contributed by atoms with Gasteiger partial charge in [0, 0.05) is 30.8 Å². The van der Waals surface area contributed by atoms with E-state index in [1.165, 1.54) is 89.9 Å². The van der Waals surface area contributed by atoms with E-state index in [9.17, 15) is 14.4 Å². The number of morpholine rings is 1. The average Bonchev–Trinajstić information content (AvgIpc) is 3.39. The van der Waals surface area contributed by atoms with Gasteiger partial charge in [-0.2, -0.15) is 0 Å². The number of nitrogens with zero attached hydrogens (tertiary/aromatic N) is 1. The number of carbonyl (C=O) groups is 3. The molecule has 2 aromatic rings. The van der Waals surface area contributed by atoms with Gasteiger partial charge in [-0.05, 0) is 176 Å². The zero-order chi connectivity index (χ0) is 57.3. The number of hydrogen-bond donors (Lipinski definition) is 0. The molecular weight excluding hydrogens is 975 g/mol. The molecule has 10 heteroatoms. The fourth-order valence-electron chi connectivity index (χ4n) is 12.6. The maximum Gasteiger partial charge on any atom is 0.364 e. The Morgan fingerprint density at radius 2 is 0.859 bits per heavy atom. The maximum atomic E-state index is 14.5. The molecule has 0 N–H and O–H groups in total. The van der Waals surface area contributed by atoms with E-state index in [0.717, 1.165) is 131 Å². The topological polar surface area (TPSA) is 110 Å². The Bertz CT molecular complexity index is 2110. The van der Waals surface area contributed by atoms with Gasteiger partial charge in [-0.3, -0.25) is 9.69 Å². The second kappa shape index (κ2) is 31.0. The number of esters is 3. The van der Waals surface area contributed by atoms with Gasteiger partial charge in [0.1, 0.15) is 34.2 Å². The van der Waals surface area contributed by atoms with Crippen LogP contribution in [0.15, 0.2) is 0 Å². The quantitative estimate of drug-likeness (QED) is 0.0399. The minimum absolute atomic E-state index is 0.0109. The van der Waals surface area contributed by atoms with Crippen molar-refractivity contribution in [2.75, 3.05) is 32.8 Å². The van der Waals surface area contributed by atoms with Crippen LogP contribution in [0.25, 0.3) is 0 Å². The highest BCUT2D eigenvalue weighted by Crippen LogP contribution is 2.47. The molecule has 1 saturated heterocycles. The third-order valence-electron chi connectivity index (χ3n) is 18.5. The normalized spacial score (nSPS) is 20.1. The highest BCUT2D eigenvalue weighted by atomic mass is 16.6. The summed E-state index contributed by atoms with van der Waals surface area (Å²) < 4.78 is 37.7. The summed E-state index contributed by atoms with van der Waals surface area (Å²) in [5, 5.41) is 0. The molecule has 0 unspecified atom stereocenters. The minimum Gasteiger partial charge on any atom is -0.487 e. The van der Waals surface area contributed by atoms with E-state index in [4.69, 9.17) is 28.4 Å². The molecule has 2 aromatic carbocycles. The molecule has 3 heterocycles. The van der Waals surface area contributed by atoms with Crippen molar-refractivity contribution in [3.05, 3.63) is 44.5 Å². The Morgan fingerprint density at radius 3 is 1.23 bits per heavy atom. The second-order valence-electron chi connectivity index (χ2n) is 26.8. The van der Waals surface area contributed by atoms with E-state index in [1.807, 2.05) is 41.5 Å². The zero-order valence-corrected chi connectivity index (χ0v) is 52.5. The van der Waals surface area contributed by atoms with Crippen molar-refractivity contribution in [1.82, 2.24) is 4.90 Å². The van der Waals surface area contributed by atoms with Gasteiger partial charge in [-0.15, -0.1) is 0 Å². The molecule has 442 valence electrons. The summed E-state index contributed by atoms with van der Waals surface area (Å²) in [7, 11) is 0. The lowest BCUT2D eigenvalue weighted by Crippen LogP contribution is -2.42. The number of carbonyl (C=O) groups excluding carboxylic acids is 3. The summed E-state index contributed by atoms with van der Waals surface area (Å²) in [6.45, 7) is 38.1. The Morgan fingerprint density at radius 1 is 0.500 bits per heavy atom. The predicted molar refractivity (Wildman–Crippen MR) is 318 cm³/mol. The van der Waals surface area contributed by atoms with Gasteiger partial charge < -0.3 is 28.4 Å². The van der Waals surface area contributed by atoms with Crippen LogP contribution in [0, 0.1) is 77.0 Å². The third-order valence-corrected chi connectivity index (χ3v) is 18.5. The van der Waals surface area contributed by atoms with Crippen LogP contribution in [0.3, 0.4) is 0 Å². The molecule has 0 amide bonds. The van der Waals surface area contributed by atoms with Gasteiger partial charge in [0.25, 0.3) is 6.10 Å². The Labute approximate surface area is 475 Å². The third kappa shape index (κ3) is 19.5. The van der Waals surface area contributed by atoms with Crippen molar-refractivity contribution in [3.63, 3.8) is 0 Å². The number of fused-ring (bicyclic) bond motifs is 2. The highest BCUT2D eigenvalue weighted by molar-refractivity contribution is 6.01.